The lowest BCUT2D eigenvalue weighted by Crippen LogP contribution is -2.56. The number of aryl methyl sites for hydroxylation is 1. The number of guanidine groups is 1. The molecule has 1 aromatic carbocycles. The third kappa shape index (κ3) is 4.40. The second-order valence-corrected chi connectivity index (χ2v) is 7.72. The van der Waals surface area contributed by atoms with E-state index in [0.29, 0.717) is 13.1 Å². The van der Waals surface area contributed by atoms with Gasteiger partial charge in [0.15, 0.2) is 5.96 Å². The van der Waals surface area contributed by atoms with Gasteiger partial charge >= 0.3 is 0 Å². The van der Waals surface area contributed by atoms with Crippen molar-refractivity contribution in [2.24, 2.45) is 12.0 Å². The molecule has 2 aromatic rings. The normalized spacial score (nSPS) is 18.1. The van der Waals surface area contributed by atoms with Crippen molar-refractivity contribution in [3.05, 3.63) is 42.2 Å². The van der Waals surface area contributed by atoms with Crippen LogP contribution >= 0.6 is 24.0 Å². The number of amides is 1. The highest BCUT2D eigenvalue weighted by molar-refractivity contribution is 14.0. The van der Waals surface area contributed by atoms with Crippen molar-refractivity contribution in [3.8, 4) is 5.75 Å². The number of carbonyl (C=O) groups excluding carboxylic acids is 1. The third-order valence-electron chi connectivity index (χ3n) is 5.85. The minimum atomic E-state index is 0. The van der Waals surface area contributed by atoms with Crippen molar-refractivity contribution < 1.29 is 9.53 Å². The van der Waals surface area contributed by atoms with E-state index in [4.69, 9.17) is 4.74 Å². The first-order chi connectivity index (χ1) is 14.1. The van der Waals surface area contributed by atoms with E-state index >= 15 is 0 Å². The number of aliphatic imine (C=N–C) groups is 1. The molecule has 1 saturated heterocycles. The molecule has 0 spiro atoms. The van der Waals surface area contributed by atoms with E-state index in [9.17, 15) is 4.79 Å². The number of ether oxygens (including phenoxy) is 1. The van der Waals surface area contributed by atoms with Crippen molar-refractivity contribution in [2.45, 2.75) is 18.3 Å². The summed E-state index contributed by atoms with van der Waals surface area (Å²) < 4.78 is 7.28. The van der Waals surface area contributed by atoms with Gasteiger partial charge in [0.2, 0.25) is 5.91 Å². The smallest absolute Gasteiger partial charge is 0.246 e. The van der Waals surface area contributed by atoms with E-state index in [-0.39, 0.29) is 35.3 Å². The van der Waals surface area contributed by atoms with Crippen LogP contribution in [-0.2, 0) is 17.3 Å². The fourth-order valence-corrected chi connectivity index (χ4v) is 4.03. The summed E-state index contributed by atoms with van der Waals surface area (Å²) in [6, 6.07) is 8.22. The molecule has 4 rings (SSSR count). The molecule has 9 heteroatoms. The van der Waals surface area contributed by atoms with Gasteiger partial charge in [0.25, 0.3) is 0 Å². The summed E-state index contributed by atoms with van der Waals surface area (Å²) in [6.07, 6.45) is 5.83. The van der Waals surface area contributed by atoms with E-state index in [1.54, 1.807) is 29.9 Å². The number of nitrogens with one attached hydrogen (secondary N) is 1. The molecule has 0 atom stereocenters. The van der Waals surface area contributed by atoms with E-state index in [0.717, 1.165) is 43.3 Å². The molecule has 0 radical (unpaired) electrons. The molecular weight excluding hydrogens is 495 g/mol. The van der Waals surface area contributed by atoms with Crippen LogP contribution in [0.3, 0.4) is 0 Å². The lowest BCUT2D eigenvalue weighted by molar-refractivity contribution is -0.120. The Hall–Kier alpha value is -2.30. The number of para-hydroxylation sites is 1. The Morgan fingerprint density at radius 1 is 1.30 bits per heavy atom. The number of anilines is 1. The molecule has 1 amide bonds. The molecule has 162 valence electrons. The fraction of sp³-hybridized carbons (Fsp3) is 0.476. The molecule has 0 unspecified atom stereocenters. The molecule has 0 bridgehead atoms. The van der Waals surface area contributed by atoms with E-state index in [1.165, 1.54) is 5.56 Å². The summed E-state index contributed by atoms with van der Waals surface area (Å²) in [6.45, 7) is 2.41. The van der Waals surface area contributed by atoms with Crippen LogP contribution in [0, 0.1) is 0 Å². The third-order valence-corrected chi connectivity index (χ3v) is 5.85. The second kappa shape index (κ2) is 9.23. The predicted octanol–water partition coefficient (Wildman–Crippen LogP) is 2.00. The van der Waals surface area contributed by atoms with Crippen LogP contribution < -0.4 is 15.0 Å². The standard InChI is InChI=1S/C21H28N6O2.HI/c1-22-20(23-15-21(8-9-21)17-6-4-5-7-18(17)29-3)26-10-11-27(19(28)14-26)16-12-24-25(2)13-16;/h4-7,12-13H,8-11,14-15H2,1-3H3,(H,22,23);1H. The highest BCUT2D eigenvalue weighted by Crippen LogP contribution is 2.50. The van der Waals surface area contributed by atoms with E-state index < -0.39 is 0 Å². The molecule has 2 heterocycles. The Morgan fingerprint density at radius 3 is 2.67 bits per heavy atom. The first-order valence-corrected chi connectivity index (χ1v) is 9.94. The number of hydrogen-bond acceptors (Lipinski definition) is 4. The van der Waals surface area contributed by atoms with Crippen LogP contribution in [0.4, 0.5) is 5.69 Å². The van der Waals surface area contributed by atoms with Crippen LogP contribution in [-0.4, -0.2) is 66.9 Å². The number of rotatable bonds is 5. The number of halogens is 1. The number of piperazine rings is 1. The highest BCUT2D eigenvalue weighted by Gasteiger charge is 2.46. The van der Waals surface area contributed by atoms with Gasteiger partial charge in [0, 0.05) is 50.9 Å². The molecular formula is C21H29IN6O2. The van der Waals surface area contributed by atoms with Gasteiger partial charge in [0.05, 0.1) is 19.0 Å². The Labute approximate surface area is 194 Å². The molecule has 30 heavy (non-hydrogen) atoms. The van der Waals surface area contributed by atoms with Gasteiger partial charge in [0.1, 0.15) is 12.3 Å². The largest absolute Gasteiger partial charge is 0.496 e. The Morgan fingerprint density at radius 2 is 2.07 bits per heavy atom. The number of benzene rings is 1. The van der Waals surface area contributed by atoms with E-state index in [2.05, 4.69) is 27.5 Å². The zero-order valence-corrected chi connectivity index (χ0v) is 20.0. The van der Waals surface area contributed by atoms with Crippen LogP contribution in [0.2, 0.25) is 0 Å². The summed E-state index contributed by atoms with van der Waals surface area (Å²) >= 11 is 0. The average Bonchev–Trinajstić information content (AvgIpc) is 3.41. The second-order valence-electron chi connectivity index (χ2n) is 7.72. The summed E-state index contributed by atoms with van der Waals surface area (Å²) in [5, 5.41) is 7.67. The Bertz CT molecular complexity index is 924. The maximum Gasteiger partial charge on any atom is 0.246 e. The molecule has 1 N–H and O–H groups in total. The molecule has 1 saturated carbocycles. The number of nitrogens with zero attached hydrogens (tertiary/aromatic N) is 5. The zero-order chi connectivity index (χ0) is 20.4. The molecule has 1 aliphatic carbocycles. The molecule has 2 fully saturated rings. The maximum absolute atomic E-state index is 12.7. The predicted molar refractivity (Wildman–Crippen MR) is 128 cm³/mol. The van der Waals surface area contributed by atoms with Crippen molar-refractivity contribution in [3.63, 3.8) is 0 Å². The van der Waals surface area contributed by atoms with Crippen molar-refractivity contribution in [1.29, 1.82) is 0 Å². The van der Waals surface area contributed by atoms with Gasteiger partial charge in [-0.15, -0.1) is 24.0 Å². The minimum absolute atomic E-state index is 0. The maximum atomic E-state index is 12.7. The quantitative estimate of drug-likeness (QED) is 0.368. The topological polar surface area (TPSA) is 75.0 Å². The fourth-order valence-electron chi connectivity index (χ4n) is 4.03. The number of hydrogen-bond donors (Lipinski definition) is 1. The Balaban J connectivity index is 0.00000256. The average molecular weight is 524 g/mol. The molecule has 1 aliphatic heterocycles. The molecule has 2 aliphatic rings. The minimum Gasteiger partial charge on any atom is -0.496 e. The van der Waals surface area contributed by atoms with Gasteiger partial charge in [-0.1, -0.05) is 18.2 Å². The molecule has 8 nitrogen and oxygen atoms in total. The first kappa shape index (κ1) is 22.4. The van der Waals surface area contributed by atoms with Gasteiger partial charge in [-0.25, -0.2) is 0 Å². The van der Waals surface area contributed by atoms with E-state index in [1.807, 2.05) is 30.3 Å². The van der Waals surface area contributed by atoms with Crippen molar-refractivity contribution in [1.82, 2.24) is 20.0 Å². The summed E-state index contributed by atoms with van der Waals surface area (Å²) in [5.74, 6) is 1.76. The van der Waals surface area contributed by atoms with Crippen LogP contribution in [0.5, 0.6) is 5.75 Å². The zero-order valence-electron chi connectivity index (χ0n) is 17.7. The van der Waals surface area contributed by atoms with Gasteiger partial charge in [-0.2, -0.15) is 5.10 Å². The number of methoxy groups -OCH3 is 1. The van der Waals surface area contributed by atoms with Gasteiger partial charge in [-0.05, 0) is 18.9 Å². The summed E-state index contributed by atoms with van der Waals surface area (Å²) in [5.41, 5.74) is 2.15. The van der Waals surface area contributed by atoms with Crippen LogP contribution in [0.1, 0.15) is 18.4 Å². The summed E-state index contributed by atoms with van der Waals surface area (Å²) in [4.78, 5) is 20.9. The number of carbonyl (C=O) groups is 1. The van der Waals surface area contributed by atoms with Gasteiger partial charge in [-0.3, -0.25) is 14.5 Å². The monoisotopic (exact) mass is 524 g/mol. The Kier molecular flexibility index (Phi) is 6.89. The summed E-state index contributed by atoms with van der Waals surface area (Å²) in [7, 11) is 5.34. The lowest BCUT2D eigenvalue weighted by Gasteiger charge is -2.35. The van der Waals surface area contributed by atoms with Crippen molar-refractivity contribution in [2.75, 3.05) is 45.2 Å². The molecule has 1 aromatic heterocycles. The first-order valence-electron chi connectivity index (χ1n) is 9.94. The lowest BCUT2D eigenvalue weighted by atomic mass is 9.95. The van der Waals surface area contributed by atoms with Crippen LogP contribution in [0.25, 0.3) is 0 Å². The van der Waals surface area contributed by atoms with Crippen LogP contribution in [0.15, 0.2) is 41.7 Å². The number of aromatic nitrogens is 2. The SMILES string of the molecule is CN=C(NCC1(c2ccccc2OC)CC1)N1CCN(c2cnn(C)c2)C(=O)C1.I. The van der Waals surface area contributed by atoms with Gasteiger partial charge < -0.3 is 19.9 Å². The van der Waals surface area contributed by atoms with Crippen molar-refractivity contribution >= 4 is 41.5 Å². The highest BCUT2D eigenvalue weighted by atomic mass is 127.